The van der Waals surface area contributed by atoms with E-state index < -0.39 is 35.4 Å². The number of halogens is 6. The van der Waals surface area contributed by atoms with E-state index in [0.717, 1.165) is 35.4 Å². The first kappa shape index (κ1) is 28.6. The van der Waals surface area contributed by atoms with E-state index >= 15 is 0 Å². The maximum Gasteiger partial charge on any atom is 0.416 e. The largest absolute Gasteiger partial charge is 0.416 e. The molecule has 11 heteroatoms. The molecule has 0 spiro atoms. The Balaban J connectivity index is 1.43. The predicted octanol–water partition coefficient (Wildman–Crippen LogP) is 7.42. The monoisotopic (exact) mass is 581 g/mol. The molecule has 1 atom stereocenters. The summed E-state index contributed by atoms with van der Waals surface area (Å²) in [6.45, 7) is 0.723. The molecule has 3 heterocycles. The summed E-state index contributed by atoms with van der Waals surface area (Å²) in [5.74, 6) is -0.0634. The molecular formula is C29H29F6N3OS. The number of pyridine rings is 1. The second-order valence-corrected chi connectivity index (χ2v) is 11.6. The van der Waals surface area contributed by atoms with Crippen molar-refractivity contribution >= 4 is 17.2 Å². The Morgan fingerprint density at radius 3 is 2.23 bits per heavy atom. The standard InChI is InChI=1S/C29H29F6N3OS/c30-28(31,32)21-12-19(13-22(15-21)29(33,34)35)16-38-26(39)27(7-9-36-10-8-27)23(14-18-3-4-18)20-5-6-24(37-17-20)25-2-1-11-40-25/h1-2,5-6,11-13,15,17-18,23,36H,3-4,7-10,14,16H2,(H,38,39). The minimum atomic E-state index is -4.95. The number of piperidine rings is 1. The first-order valence-electron chi connectivity index (χ1n) is 13.2. The van der Waals surface area contributed by atoms with Crippen LogP contribution in [0.3, 0.4) is 0 Å². The molecule has 1 saturated heterocycles. The number of thiophene rings is 1. The number of alkyl halides is 6. The number of rotatable bonds is 8. The van der Waals surface area contributed by atoms with Crippen molar-refractivity contribution in [2.45, 2.75) is 56.9 Å². The van der Waals surface area contributed by atoms with Crippen LogP contribution in [0.25, 0.3) is 10.6 Å². The number of benzene rings is 1. The van der Waals surface area contributed by atoms with E-state index in [1.807, 2.05) is 35.8 Å². The van der Waals surface area contributed by atoms with Gasteiger partial charge in [-0.3, -0.25) is 9.78 Å². The molecule has 40 heavy (non-hydrogen) atoms. The van der Waals surface area contributed by atoms with E-state index in [1.54, 1.807) is 11.3 Å². The first-order valence-corrected chi connectivity index (χ1v) is 14.1. The van der Waals surface area contributed by atoms with Crippen molar-refractivity contribution < 1.29 is 31.1 Å². The molecule has 1 amide bonds. The summed E-state index contributed by atoms with van der Waals surface area (Å²) in [5, 5.41) is 7.97. The Hall–Kier alpha value is -2.92. The fourth-order valence-electron chi connectivity index (χ4n) is 5.64. The second-order valence-electron chi connectivity index (χ2n) is 10.7. The predicted molar refractivity (Wildman–Crippen MR) is 140 cm³/mol. The molecule has 214 valence electrons. The average Bonchev–Trinajstić information content (AvgIpc) is 3.59. The number of nitrogens with one attached hydrogen (secondary N) is 2. The Morgan fingerprint density at radius 2 is 1.70 bits per heavy atom. The highest BCUT2D eigenvalue weighted by Crippen LogP contribution is 2.51. The highest BCUT2D eigenvalue weighted by molar-refractivity contribution is 7.13. The van der Waals surface area contributed by atoms with Gasteiger partial charge in [0.25, 0.3) is 0 Å². The third kappa shape index (κ3) is 6.35. The Kier molecular flexibility index (Phi) is 7.98. The number of hydrogen-bond acceptors (Lipinski definition) is 4. The molecule has 5 rings (SSSR count). The summed E-state index contributed by atoms with van der Waals surface area (Å²) in [5.41, 5.74) is -2.16. The van der Waals surface area contributed by atoms with Gasteiger partial charge in [0.2, 0.25) is 5.91 Å². The number of carbonyl (C=O) groups is 1. The number of aromatic nitrogens is 1. The molecule has 0 radical (unpaired) electrons. The number of carbonyl (C=O) groups excluding carboxylic acids is 1. The van der Waals surface area contributed by atoms with Gasteiger partial charge in [0, 0.05) is 18.7 Å². The lowest BCUT2D eigenvalue weighted by molar-refractivity contribution is -0.143. The molecule has 1 unspecified atom stereocenters. The quantitative estimate of drug-likeness (QED) is 0.272. The lowest BCUT2D eigenvalue weighted by Crippen LogP contribution is -2.51. The van der Waals surface area contributed by atoms with Crippen LogP contribution in [0.5, 0.6) is 0 Å². The lowest BCUT2D eigenvalue weighted by Gasteiger charge is -2.43. The van der Waals surface area contributed by atoms with Crippen LogP contribution in [0.4, 0.5) is 26.3 Å². The van der Waals surface area contributed by atoms with E-state index in [4.69, 9.17) is 0 Å². The van der Waals surface area contributed by atoms with Crippen molar-refractivity contribution in [3.05, 3.63) is 76.3 Å². The van der Waals surface area contributed by atoms with E-state index in [2.05, 4.69) is 15.6 Å². The van der Waals surface area contributed by atoms with Crippen molar-refractivity contribution in [1.82, 2.24) is 15.6 Å². The first-order chi connectivity index (χ1) is 19.0. The van der Waals surface area contributed by atoms with E-state index in [9.17, 15) is 31.1 Å². The summed E-state index contributed by atoms with van der Waals surface area (Å²) in [6, 6.07) is 9.29. The Bertz CT molecular complexity index is 1280. The molecule has 3 aromatic rings. The van der Waals surface area contributed by atoms with Gasteiger partial charge in [-0.05, 0) is 85.1 Å². The topological polar surface area (TPSA) is 54.0 Å². The van der Waals surface area contributed by atoms with Gasteiger partial charge >= 0.3 is 12.4 Å². The second kappa shape index (κ2) is 11.2. The molecule has 2 aromatic heterocycles. The summed E-state index contributed by atoms with van der Waals surface area (Å²) in [4.78, 5) is 19.6. The van der Waals surface area contributed by atoms with Gasteiger partial charge in [-0.1, -0.05) is 25.0 Å². The van der Waals surface area contributed by atoms with Crippen LogP contribution in [-0.4, -0.2) is 24.0 Å². The zero-order valence-electron chi connectivity index (χ0n) is 21.5. The van der Waals surface area contributed by atoms with Crippen LogP contribution < -0.4 is 10.6 Å². The van der Waals surface area contributed by atoms with Crippen molar-refractivity contribution in [2.75, 3.05) is 13.1 Å². The van der Waals surface area contributed by atoms with Crippen LogP contribution >= 0.6 is 11.3 Å². The molecule has 1 aliphatic heterocycles. The highest BCUT2D eigenvalue weighted by atomic mass is 32.1. The van der Waals surface area contributed by atoms with Gasteiger partial charge in [0.05, 0.1) is 27.1 Å². The van der Waals surface area contributed by atoms with Crippen molar-refractivity contribution in [1.29, 1.82) is 0 Å². The van der Waals surface area contributed by atoms with Crippen molar-refractivity contribution in [2.24, 2.45) is 11.3 Å². The van der Waals surface area contributed by atoms with Gasteiger partial charge in [-0.2, -0.15) is 26.3 Å². The van der Waals surface area contributed by atoms with E-state index in [1.165, 1.54) is 0 Å². The lowest BCUT2D eigenvalue weighted by atomic mass is 9.64. The summed E-state index contributed by atoms with van der Waals surface area (Å²) in [7, 11) is 0. The molecule has 4 nitrogen and oxygen atoms in total. The zero-order valence-corrected chi connectivity index (χ0v) is 22.4. The van der Waals surface area contributed by atoms with Gasteiger partial charge in [0.1, 0.15) is 0 Å². The van der Waals surface area contributed by atoms with Gasteiger partial charge < -0.3 is 10.6 Å². The zero-order chi connectivity index (χ0) is 28.5. The summed E-state index contributed by atoms with van der Waals surface area (Å²) in [6.07, 6.45) is -4.19. The van der Waals surface area contributed by atoms with Gasteiger partial charge in [0.15, 0.2) is 0 Å². The maximum absolute atomic E-state index is 13.9. The van der Waals surface area contributed by atoms with Crippen LogP contribution in [-0.2, 0) is 23.7 Å². The molecule has 1 aromatic carbocycles. The van der Waals surface area contributed by atoms with Crippen LogP contribution in [0.1, 0.15) is 60.3 Å². The van der Waals surface area contributed by atoms with Crippen molar-refractivity contribution in [3.8, 4) is 10.6 Å². The normalized spacial score (nSPS) is 18.4. The van der Waals surface area contributed by atoms with Gasteiger partial charge in [-0.25, -0.2) is 0 Å². The highest BCUT2D eigenvalue weighted by Gasteiger charge is 2.48. The van der Waals surface area contributed by atoms with Crippen LogP contribution in [0.2, 0.25) is 0 Å². The third-order valence-corrected chi connectivity index (χ3v) is 8.84. The van der Waals surface area contributed by atoms with E-state index in [-0.39, 0.29) is 23.5 Å². The maximum atomic E-state index is 13.9. The fraction of sp³-hybridized carbons (Fsp3) is 0.448. The molecule has 2 aliphatic rings. The average molecular weight is 582 g/mol. The third-order valence-electron chi connectivity index (χ3n) is 7.94. The Morgan fingerprint density at radius 1 is 1.02 bits per heavy atom. The number of amides is 1. The Labute approximate surface area is 232 Å². The van der Waals surface area contributed by atoms with Gasteiger partial charge in [-0.15, -0.1) is 11.3 Å². The van der Waals surface area contributed by atoms with Crippen molar-refractivity contribution in [3.63, 3.8) is 0 Å². The summed E-state index contributed by atoms with van der Waals surface area (Å²) >= 11 is 1.58. The molecular weight excluding hydrogens is 552 g/mol. The molecule has 1 saturated carbocycles. The smallest absolute Gasteiger partial charge is 0.352 e. The van der Waals surface area contributed by atoms with Crippen LogP contribution in [0, 0.1) is 11.3 Å². The minimum absolute atomic E-state index is 0.0954. The fourth-order valence-corrected chi connectivity index (χ4v) is 6.34. The number of nitrogens with zero attached hydrogens (tertiary/aromatic N) is 1. The molecule has 2 N–H and O–H groups in total. The minimum Gasteiger partial charge on any atom is -0.352 e. The molecule has 1 aliphatic carbocycles. The molecule has 0 bridgehead atoms. The SMILES string of the molecule is O=C(NCc1cc(C(F)(F)F)cc(C(F)(F)F)c1)C1(C(CC2CC2)c2ccc(-c3cccs3)nc2)CCNCC1. The van der Waals surface area contributed by atoms with E-state index in [0.29, 0.717) is 44.0 Å². The number of hydrogen-bond donors (Lipinski definition) is 2. The summed E-state index contributed by atoms with van der Waals surface area (Å²) < 4.78 is 80.2. The van der Waals surface area contributed by atoms with Crippen LogP contribution in [0.15, 0.2) is 54.0 Å². The molecule has 2 fully saturated rings.